The minimum absolute atomic E-state index is 0.0740. The molecule has 2 aliphatic rings. The molecule has 0 saturated carbocycles. The Morgan fingerprint density at radius 1 is 0.913 bits per heavy atom. The maximum Gasteiger partial charge on any atom is 0.310 e. The SMILES string of the molecule is O=C(O)CCCCC(C(=O)O)C1=C2C=CC=CC=C2C=CC=C1. The van der Waals surface area contributed by atoms with E-state index in [4.69, 9.17) is 5.11 Å². The highest BCUT2D eigenvalue weighted by Gasteiger charge is 2.24. The highest BCUT2D eigenvalue weighted by molar-refractivity contribution is 5.77. The van der Waals surface area contributed by atoms with Crippen molar-refractivity contribution < 1.29 is 19.8 Å². The quantitative estimate of drug-likeness (QED) is 0.701. The van der Waals surface area contributed by atoms with Crippen LogP contribution in [-0.2, 0) is 9.59 Å². The zero-order chi connectivity index (χ0) is 16.7. The van der Waals surface area contributed by atoms with Crippen molar-refractivity contribution in [2.75, 3.05) is 0 Å². The topological polar surface area (TPSA) is 74.6 Å². The first-order valence-corrected chi connectivity index (χ1v) is 7.68. The van der Waals surface area contributed by atoms with Crippen LogP contribution in [0.4, 0.5) is 0 Å². The summed E-state index contributed by atoms with van der Waals surface area (Å²) in [5.41, 5.74) is 2.65. The van der Waals surface area contributed by atoms with Gasteiger partial charge >= 0.3 is 11.9 Å². The summed E-state index contributed by atoms with van der Waals surface area (Å²) in [5.74, 6) is -2.36. The average molecular weight is 312 g/mol. The predicted molar refractivity (Wildman–Crippen MR) is 88.9 cm³/mol. The lowest BCUT2D eigenvalue weighted by Crippen LogP contribution is -2.17. The number of unbranched alkanes of at least 4 members (excludes halogenated alkanes) is 1. The van der Waals surface area contributed by atoms with Gasteiger partial charge in [0.05, 0.1) is 5.92 Å². The second-order valence-corrected chi connectivity index (χ2v) is 5.48. The van der Waals surface area contributed by atoms with Crippen LogP contribution < -0.4 is 0 Å². The molecule has 0 amide bonds. The van der Waals surface area contributed by atoms with Crippen LogP contribution in [0.5, 0.6) is 0 Å². The molecule has 0 aliphatic heterocycles. The summed E-state index contributed by atoms with van der Waals surface area (Å²) in [5, 5.41) is 18.3. The second-order valence-electron chi connectivity index (χ2n) is 5.48. The highest BCUT2D eigenvalue weighted by atomic mass is 16.4. The maximum absolute atomic E-state index is 11.7. The van der Waals surface area contributed by atoms with E-state index in [-0.39, 0.29) is 6.42 Å². The first-order valence-electron chi connectivity index (χ1n) is 7.68. The van der Waals surface area contributed by atoms with Gasteiger partial charge in [0, 0.05) is 6.42 Å². The van der Waals surface area contributed by atoms with E-state index in [0.717, 1.165) is 16.7 Å². The normalized spacial score (nSPS) is 17.3. The number of fused-ring (bicyclic) bond motifs is 1. The zero-order valence-corrected chi connectivity index (χ0v) is 12.8. The Balaban J connectivity index is 2.25. The standard InChI is InChI=1S/C19H20O4/c20-18(21)13-7-6-12-17(19(22)23)16-11-5-4-9-14-8-2-1-3-10-15(14)16/h1-5,8-11,17H,6-7,12-13H2,(H,20,21)(H,22,23). The van der Waals surface area contributed by atoms with Crippen LogP contribution in [0.15, 0.2) is 71.4 Å². The molecule has 0 fully saturated rings. The van der Waals surface area contributed by atoms with E-state index in [1.807, 2.05) is 54.7 Å². The Kier molecular flexibility index (Phi) is 5.92. The number of carboxylic acid groups (broad SMARTS) is 2. The average Bonchev–Trinajstić information content (AvgIpc) is 2.83. The Morgan fingerprint density at radius 2 is 1.65 bits per heavy atom. The molecule has 0 spiro atoms. The molecule has 0 aromatic carbocycles. The molecule has 0 bridgehead atoms. The third-order valence-corrected chi connectivity index (χ3v) is 3.85. The minimum Gasteiger partial charge on any atom is -0.481 e. The number of carboxylic acids is 2. The van der Waals surface area contributed by atoms with Crippen LogP contribution in [0.3, 0.4) is 0 Å². The van der Waals surface area contributed by atoms with Crippen molar-refractivity contribution in [2.24, 2.45) is 5.92 Å². The first kappa shape index (κ1) is 16.7. The molecule has 2 N–H and O–H groups in total. The van der Waals surface area contributed by atoms with Crippen molar-refractivity contribution in [1.82, 2.24) is 0 Å². The second kappa shape index (κ2) is 8.13. The van der Waals surface area contributed by atoms with Gasteiger partial charge in [0.1, 0.15) is 0 Å². The molecule has 0 heterocycles. The number of aliphatic carboxylic acids is 2. The fraction of sp³-hybridized carbons (Fsp3) is 0.263. The first-order chi connectivity index (χ1) is 11.1. The fourth-order valence-corrected chi connectivity index (χ4v) is 2.72. The van der Waals surface area contributed by atoms with Crippen LogP contribution in [0.1, 0.15) is 25.7 Å². The van der Waals surface area contributed by atoms with Crippen molar-refractivity contribution in [3.63, 3.8) is 0 Å². The van der Waals surface area contributed by atoms with Crippen LogP contribution >= 0.6 is 0 Å². The van der Waals surface area contributed by atoms with Crippen molar-refractivity contribution >= 4 is 11.9 Å². The van der Waals surface area contributed by atoms with Gasteiger partial charge in [-0.2, -0.15) is 0 Å². The number of allylic oxidation sites excluding steroid dienone is 11. The number of carbonyl (C=O) groups is 2. The van der Waals surface area contributed by atoms with Crippen molar-refractivity contribution in [2.45, 2.75) is 25.7 Å². The van der Waals surface area contributed by atoms with Gasteiger partial charge in [-0.25, -0.2) is 0 Å². The van der Waals surface area contributed by atoms with E-state index in [1.54, 1.807) is 0 Å². The Bertz CT molecular complexity index is 657. The lowest BCUT2D eigenvalue weighted by atomic mass is 9.87. The lowest BCUT2D eigenvalue weighted by molar-refractivity contribution is -0.140. The number of rotatable bonds is 7. The minimum atomic E-state index is -0.876. The van der Waals surface area contributed by atoms with Crippen molar-refractivity contribution in [3.05, 3.63) is 71.4 Å². The Hall–Kier alpha value is -2.62. The summed E-state index contributed by atoms with van der Waals surface area (Å²) in [7, 11) is 0. The smallest absolute Gasteiger partial charge is 0.310 e. The molecule has 2 rings (SSSR count). The van der Waals surface area contributed by atoms with Crippen molar-refractivity contribution in [1.29, 1.82) is 0 Å². The molecule has 4 nitrogen and oxygen atoms in total. The summed E-state index contributed by atoms with van der Waals surface area (Å²) in [6.45, 7) is 0. The van der Waals surface area contributed by atoms with Gasteiger partial charge < -0.3 is 10.2 Å². The maximum atomic E-state index is 11.7. The molecule has 1 atom stereocenters. The van der Waals surface area contributed by atoms with E-state index in [9.17, 15) is 14.7 Å². The molecule has 1 unspecified atom stereocenters. The number of hydrogen-bond acceptors (Lipinski definition) is 2. The van der Waals surface area contributed by atoms with E-state index < -0.39 is 17.9 Å². The molecule has 0 aromatic rings. The molecule has 2 aliphatic carbocycles. The molecule has 4 heteroatoms. The summed E-state index contributed by atoms with van der Waals surface area (Å²) in [6.07, 6.45) is 18.7. The Morgan fingerprint density at radius 3 is 2.39 bits per heavy atom. The van der Waals surface area contributed by atoms with E-state index in [0.29, 0.717) is 19.3 Å². The van der Waals surface area contributed by atoms with Gasteiger partial charge in [0.2, 0.25) is 0 Å². The van der Waals surface area contributed by atoms with Gasteiger partial charge in [-0.3, -0.25) is 9.59 Å². The van der Waals surface area contributed by atoms with E-state index >= 15 is 0 Å². The van der Waals surface area contributed by atoms with E-state index in [2.05, 4.69) is 0 Å². The van der Waals surface area contributed by atoms with Crippen LogP contribution in [0.2, 0.25) is 0 Å². The molecule has 120 valence electrons. The molecule has 0 radical (unpaired) electrons. The molecule has 23 heavy (non-hydrogen) atoms. The number of hydrogen-bond donors (Lipinski definition) is 2. The molecule has 0 saturated heterocycles. The summed E-state index contributed by atoms with van der Waals surface area (Å²) >= 11 is 0. The molecular formula is C19H20O4. The third-order valence-electron chi connectivity index (χ3n) is 3.85. The highest BCUT2D eigenvalue weighted by Crippen LogP contribution is 2.31. The largest absolute Gasteiger partial charge is 0.481 e. The Labute approximate surface area is 135 Å². The monoisotopic (exact) mass is 312 g/mol. The summed E-state index contributed by atoms with van der Waals surface area (Å²) in [6, 6.07) is 0. The van der Waals surface area contributed by atoms with Crippen LogP contribution in [0.25, 0.3) is 0 Å². The summed E-state index contributed by atoms with van der Waals surface area (Å²) in [4.78, 5) is 22.3. The zero-order valence-electron chi connectivity index (χ0n) is 12.8. The fourth-order valence-electron chi connectivity index (χ4n) is 2.72. The van der Waals surface area contributed by atoms with Crippen LogP contribution in [-0.4, -0.2) is 22.2 Å². The molecule has 0 aromatic heterocycles. The molecular weight excluding hydrogens is 292 g/mol. The van der Waals surface area contributed by atoms with Gasteiger partial charge in [-0.05, 0) is 29.6 Å². The summed E-state index contributed by atoms with van der Waals surface area (Å²) < 4.78 is 0. The lowest BCUT2D eigenvalue weighted by Gasteiger charge is -2.17. The third kappa shape index (κ3) is 4.68. The van der Waals surface area contributed by atoms with Gasteiger partial charge in [0.25, 0.3) is 0 Å². The van der Waals surface area contributed by atoms with Gasteiger partial charge in [0.15, 0.2) is 0 Å². The van der Waals surface area contributed by atoms with Gasteiger partial charge in [-0.1, -0.05) is 61.1 Å². The van der Waals surface area contributed by atoms with Gasteiger partial charge in [-0.15, -0.1) is 0 Å². The van der Waals surface area contributed by atoms with E-state index in [1.165, 1.54) is 0 Å². The predicted octanol–water partition coefficient (Wildman–Crippen LogP) is 3.81. The van der Waals surface area contributed by atoms with Crippen LogP contribution in [0, 0.1) is 5.92 Å². The van der Waals surface area contributed by atoms with Crippen molar-refractivity contribution in [3.8, 4) is 0 Å².